The Hall–Kier alpha value is -2.45. The molecule has 306 valence electrons. The molecule has 0 spiro atoms. The highest BCUT2D eigenvalue weighted by molar-refractivity contribution is 6.04. The molecule has 1 N–H and O–H groups in total. The number of benzene rings is 1. The maximum absolute atomic E-state index is 14.5. The molecular weight excluding hydrogens is 688 g/mol. The van der Waals surface area contributed by atoms with Crippen molar-refractivity contribution in [2.75, 3.05) is 67.0 Å². The topological polar surface area (TPSA) is 121 Å². The molecule has 0 radical (unpaired) electrons. The molecule has 3 saturated heterocycles. The number of ketones is 1. The van der Waals surface area contributed by atoms with Crippen molar-refractivity contribution in [2.45, 2.75) is 130 Å². The predicted octanol–water partition coefficient (Wildman–Crippen LogP) is 4.25. The molecule has 1 aromatic carbocycles. The number of ether oxygens (including phenoxy) is 4. The van der Waals surface area contributed by atoms with Crippen molar-refractivity contribution in [2.24, 2.45) is 17.3 Å². The minimum atomic E-state index is -1.49. The lowest BCUT2D eigenvalue weighted by molar-refractivity contribution is -0.295. The molecule has 1 aromatic rings. The van der Waals surface area contributed by atoms with Crippen LogP contribution < -0.4 is 0 Å². The Balaban J connectivity index is 1.62. The van der Waals surface area contributed by atoms with Crippen LogP contribution in [-0.2, 0) is 28.5 Å². The van der Waals surface area contributed by atoms with Crippen molar-refractivity contribution in [3.63, 3.8) is 0 Å². The standard InChI is InChI=1S/C42H70N4O8/c1-13-17-46-25-28(3)24-42(9,51-12)37(54-39-35(47)33(43(10)11)23-29(4)52-39)30(5)36(48)41(7,8)40(50)53-31(6)34(46)26-44-18-20-45(21-19-44)38(49)32-16-14-15-27(2)22-32/h14-16,22,28-31,33-35,37,39,47H,13,17-21,23-26H2,1-12H3/t28-,29-,30+,31+,33+,34+,35-,37-,39+,42-/m1/s1. The largest absolute Gasteiger partial charge is 0.460 e. The molecule has 54 heavy (non-hydrogen) atoms. The molecule has 3 heterocycles. The lowest BCUT2D eigenvalue weighted by atomic mass is 9.74. The minimum Gasteiger partial charge on any atom is -0.460 e. The number of carbonyl (C=O) groups excluding carboxylic acids is 3. The monoisotopic (exact) mass is 759 g/mol. The number of methoxy groups -OCH3 is 1. The number of aryl methyl sites for hydroxylation is 1. The summed E-state index contributed by atoms with van der Waals surface area (Å²) in [6.45, 7) is 22.0. The van der Waals surface area contributed by atoms with Crippen LogP contribution >= 0.6 is 0 Å². The van der Waals surface area contributed by atoms with Crippen molar-refractivity contribution in [1.29, 1.82) is 0 Å². The Morgan fingerprint density at radius 2 is 1.72 bits per heavy atom. The summed E-state index contributed by atoms with van der Waals surface area (Å²) in [5.41, 5.74) is -0.695. The third-order valence-corrected chi connectivity index (χ3v) is 12.1. The smallest absolute Gasteiger partial charge is 0.319 e. The van der Waals surface area contributed by atoms with E-state index in [1.165, 1.54) is 0 Å². The van der Waals surface area contributed by atoms with Gasteiger partial charge in [-0.3, -0.25) is 24.2 Å². The molecule has 0 unspecified atom stereocenters. The van der Waals surface area contributed by atoms with E-state index in [9.17, 15) is 19.5 Å². The van der Waals surface area contributed by atoms with Gasteiger partial charge in [0.2, 0.25) is 0 Å². The number of hydrogen-bond donors (Lipinski definition) is 1. The molecule has 0 aliphatic carbocycles. The summed E-state index contributed by atoms with van der Waals surface area (Å²) in [5, 5.41) is 11.5. The van der Waals surface area contributed by atoms with Crippen molar-refractivity contribution in [3.05, 3.63) is 35.4 Å². The van der Waals surface area contributed by atoms with E-state index in [-0.39, 0.29) is 35.8 Å². The molecule has 3 aliphatic heterocycles. The number of hydrogen-bond acceptors (Lipinski definition) is 11. The van der Waals surface area contributed by atoms with Crippen molar-refractivity contribution in [3.8, 4) is 0 Å². The van der Waals surface area contributed by atoms with E-state index in [4.69, 9.17) is 18.9 Å². The third-order valence-electron chi connectivity index (χ3n) is 12.1. The fraction of sp³-hybridized carbons (Fsp3) is 0.786. The van der Waals surface area contributed by atoms with E-state index in [1.54, 1.807) is 27.9 Å². The summed E-state index contributed by atoms with van der Waals surface area (Å²) in [5.74, 6) is -1.57. The molecule has 0 aromatic heterocycles. The maximum atomic E-state index is 14.5. The van der Waals surface area contributed by atoms with Crippen LogP contribution in [0, 0.1) is 24.2 Å². The number of rotatable bonds is 9. The number of aliphatic hydroxyl groups is 1. The SMILES string of the molecule is CCCN1C[C@H](C)C[C@@](C)(OC)[C@H](O[C@@H]2O[C@H](C)C[C@H](N(C)C)[C@H]2O)[C@@H](C)C(=O)C(C)(C)C(=O)O[C@@H](C)[C@@H]1CN1CCN(C(=O)c2cccc(C)c2)CC1. The van der Waals surface area contributed by atoms with Gasteiger partial charge in [-0.2, -0.15) is 0 Å². The zero-order valence-electron chi connectivity index (χ0n) is 35.2. The lowest BCUT2D eigenvalue weighted by Gasteiger charge is -2.47. The summed E-state index contributed by atoms with van der Waals surface area (Å²) < 4.78 is 25.5. The van der Waals surface area contributed by atoms with Crippen molar-refractivity contribution < 1.29 is 38.4 Å². The van der Waals surface area contributed by atoms with Gasteiger partial charge >= 0.3 is 5.97 Å². The highest BCUT2D eigenvalue weighted by atomic mass is 16.7. The number of piperazine rings is 1. The van der Waals surface area contributed by atoms with Gasteiger partial charge in [0.1, 0.15) is 17.6 Å². The van der Waals surface area contributed by atoms with Crippen LogP contribution in [0.2, 0.25) is 0 Å². The first-order valence-electron chi connectivity index (χ1n) is 20.1. The summed E-state index contributed by atoms with van der Waals surface area (Å²) in [6.07, 6.45) is -1.39. The fourth-order valence-corrected chi connectivity index (χ4v) is 8.86. The molecule has 3 fully saturated rings. The van der Waals surface area contributed by atoms with Crippen LogP contribution in [0.3, 0.4) is 0 Å². The van der Waals surface area contributed by atoms with Gasteiger partial charge in [0.05, 0.1) is 23.9 Å². The molecule has 1 amide bonds. The molecule has 10 atom stereocenters. The van der Waals surface area contributed by atoms with Gasteiger partial charge in [0, 0.05) is 63.9 Å². The van der Waals surface area contributed by atoms with Crippen LogP contribution in [0.15, 0.2) is 24.3 Å². The number of carbonyl (C=O) groups is 3. The van der Waals surface area contributed by atoms with Crippen molar-refractivity contribution >= 4 is 17.7 Å². The Bertz CT molecular complexity index is 1420. The first-order chi connectivity index (χ1) is 25.3. The van der Waals surface area contributed by atoms with Crippen LogP contribution in [0.1, 0.15) is 90.6 Å². The number of cyclic esters (lactones) is 1. The predicted molar refractivity (Wildman–Crippen MR) is 209 cm³/mol. The summed E-state index contributed by atoms with van der Waals surface area (Å²) in [7, 11) is 5.49. The van der Waals surface area contributed by atoms with E-state index in [0.29, 0.717) is 57.7 Å². The van der Waals surface area contributed by atoms with Gasteiger partial charge in [-0.15, -0.1) is 0 Å². The van der Waals surface area contributed by atoms with Gasteiger partial charge in [-0.25, -0.2) is 0 Å². The van der Waals surface area contributed by atoms with Gasteiger partial charge in [0.15, 0.2) is 12.1 Å². The second-order valence-corrected chi connectivity index (χ2v) is 17.4. The number of esters is 1. The number of nitrogens with zero attached hydrogens (tertiary/aromatic N) is 4. The third kappa shape index (κ3) is 10.3. The lowest BCUT2D eigenvalue weighted by Crippen LogP contribution is -2.59. The highest BCUT2D eigenvalue weighted by Crippen LogP contribution is 2.38. The number of Topliss-reactive ketones (excluding diaryl/α,β-unsaturated/α-hetero) is 1. The number of amides is 1. The zero-order valence-corrected chi connectivity index (χ0v) is 35.2. The Kier molecular flexibility index (Phi) is 15.3. The minimum absolute atomic E-state index is 0.0466. The maximum Gasteiger partial charge on any atom is 0.319 e. The number of aliphatic hydroxyl groups excluding tert-OH is 1. The van der Waals surface area contributed by atoms with E-state index >= 15 is 0 Å². The Morgan fingerprint density at radius 1 is 1.06 bits per heavy atom. The highest BCUT2D eigenvalue weighted by Gasteiger charge is 2.52. The van der Waals surface area contributed by atoms with E-state index in [1.807, 2.05) is 75.9 Å². The molecule has 0 saturated carbocycles. The van der Waals surface area contributed by atoms with Crippen LogP contribution in [0.25, 0.3) is 0 Å². The second kappa shape index (κ2) is 18.7. The molecule has 0 bridgehead atoms. The van der Waals surface area contributed by atoms with Gasteiger partial charge in [-0.05, 0) is 99.5 Å². The van der Waals surface area contributed by atoms with E-state index < -0.39 is 47.5 Å². The van der Waals surface area contributed by atoms with Crippen LogP contribution in [-0.4, -0.2) is 158 Å². The Labute approximate surface area is 324 Å². The Morgan fingerprint density at radius 3 is 2.31 bits per heavy atom. The zero-order chi connectivity index (χ0) is 40.1. The van der Waals surface area contributed by atoms with Gasteiger partial charge in [-0.1, -0.05) is 38.5 Å². The van der Waals surface area contributed by atoms with Crippen LogP contribution in [0.4, 0.5) is 0 Å². The quantitative estimate of drug-likeness (QED) is 0.288. The second-order valence-electron chi connectivity index (χ2n) is 17.4. The molecular formula is C42H70N4O8. The molecule has 12 nitrogen and oxygen atoms in total. The average molecular weight is 759 g/mol. The first-order valence-corrected chi connectivity index (χ1v) is 20.1. The molecule has 12 heteroatoms. The normalized spacial score (nSPS) is 35.2. The summed E-state index contributed by atoms with van der Waals surface area (Å²) in [6, 6.07) is 7.37. The van der Waals surface area contributed by atoms with Gasteiger partial charge in [0.25, 0.3) is 5.91 Å². The molecule has 4 rings (SSSR count). The average Bonchev–Trinajstić information content (AvgIpc) is 3.12. The van der Waals surface area contributed by atoms with Crippen molar-refractivity contribution in [1.82, 2.24) is 19.6 Å². The first kappa shape index (κ1) is 44.3. The summed E-state index contributed by atoms with van der Waals surface area (Å²) >= 11 is 0. The van der Waals surface area contributed by atoms with E-state index in [0.717, 1.165) is 18.5 Å². The molecule has 3 aliphatic rings. The summed E-state index contributed by atoms with van der Waals surface area (Å²) in [4.78, 5) is 50.6. The fourth-order valence-electron chi connectivity index (χ4n) is 8.86. The van der Waals surface area contributed by atoms with E-state index in [2.05, 4.69) is 23.6 Å². The van der Waals surface area contributed by atoms with Crippen LogP contribution in [0.5, 0.6) is 0 Å². The van der Waals surface area contributed by atoms with Gasteiger partial charge < -0.3 is 33.9 Å². The number of likely N-dealkylation sites (N-methyl/N-ethyl adjacent to an activating group) is 1.